The molecule has 0 bridgehead atoms. The normalized spacial score (nSPS) is 7.81. The molecule has 6 nitrogen and oxygen atoms in total. The Bertz CT molecular complexity index is 543. The number of aliphatic carboxylic acids is 3. The zero-order chi connectivity index (χ0) is 19.0. The van der Waals surface area contributed by atoms with Crippen molar-refractivity contribution in [3.63, 3.8) is 0 Å². The number of hydrogen-bond donors (Lipinski definition) is 0. The maximum atomic E-state index is 9.26. The van der Waals surface area contributed by atoms with E-state index < -0.39 is 17.9 Å². The Hall–Kier alpha value is -2.05. The van der Waals surface area contributed by atoms with Gasteiger partial charge in [0.1, 0.15) is 0 Å². The standard InChI is InChI=1S/C9H7.3C3H6O2.CH3.Ti/c1-2-5-9-7-3-6-8(9)4-1;3*1-2-3(4)5;;/h1-7H;3*2H2,1H3,(H,4,5);1H3;/q-1;;;;-1;+3/p-3. The molecular formula is C19H25O6Ti-2. The Morgan fingerprint density at radius 2 is 1.15 bits per heavy atom. The second kappa shape index (κ2) is 21.0. The van der Waals surface area contributed by atoms with Crippen molar-refractivity contribution in [1.29, 1.82) is 0 Å². The molecule has 26 heavy (non-hydrogen) atoms. The Morgan fingerprint density at radius 3 is 1.46 bits per heavy atom. The van der Waals surface area contributed by atoms with Gasteiger partial charge in [-0.15, -0.1) is 29.7 Å². The van der Waals surface area contributed by atoms with E-state index in [1.165, 1.54) is 31.5 Å². The van der Waals surface area contributed by atoms with Crippen LogP contribution < -0.4 is 15.3 Å². The molecule has 0 saturated carbocycles. The molecule has 2 aromatic carbocycles. The van der Waals surface area contributed by atoms with E-state index in [4.69, 9.17) is 0 Å². The molecule has 0 atom stereocenters. The molecular weight excluding hydrogens is 372 g/mol. The first-order valence-corrected chi connectivity index (χ1v) is 7.48. The van der Waals surface area contributed by atoms with Gasteiger partial charge in [0.2, 0.25) is 0 Å². The summed E-state index contributed by atoms with van der Waals surface area (Å²) in [6.45, 7) is 4.61. The molecule has 7 heteroatoms. The number of carbonyl (C=O) groups excluding carboxylic acids is 3. The van der Waals surface area contributed by atoms with E-state index in [1.54, 1.807) is 0 Å². The molecule has 1 radical (unpaired) electrons. The Labute approximate surface area is 170 Å². The van der Waals surface area contributed by atoms with E-state index >= 15 is 0 Å². The summed E-state index contributed by atoms with van der Waals surface area (Å²) in [6, 6.07) is 14.7. The number of carboxylic acid groups (broad SMARTS) is 3. The molecule has 0 amide bonds. The SMILES string of the molecule is CCC(=O)[O-].CCC(=O)[O-].CCC(=O)[O-].[CH3-].[Ti+3].c1ccc2[cH-]ccc2c1. The fraction of sp³-hybridized carbons (Fsp3) is 0.316. The van der Waals surface area contributed by atoms with Gasteiger partial charge in [-0.05, 0) is 19.3 Å². The van der Waals surface area contributed by atoms with E-state index in [9.17, 15) is 29.7 Å². The van der Waals surface area contributed by atoms with E-state index in [0.717, 1.165) is 0 Å². The molecule has 0 aliphatic rings. The van der Waals surface area contributed by atoms with Crippen molar-refractivity contribution in [2.24, 2.45) is 0 Å². The minimum absolute atomic E-state index is 0. The van der Waals surface area contributed by atoms with Crippen molar-refractivity contribution >= 4 is 28.7 Å². The topological polar surface area (TPSA) is 120 Å². The minimum atomic E-state index is -0.995. The maximum Gasteiger partial charge on any atom is 3.00 e. The van der Waals surface area contributed by atoms with E-state index in [0.29, 0.717) is 0 Å². The molecule has 0 fully saturated rings. The molecule has 2 aromatic rings. The Morgan fingerprint density at radius 1 is 0.808 bits per heavy atom. The summed E-state index contributed by atoms with van der Waals surface area (Å²) in [4.78, 5) is 27.8. The van der Waals surface area contributed by atoms with Crippen LogP contribution in [-0.2, 0) is 36.1 Å². The van der Waals surface area contributed by atoms with Crippen molar-refractivity contribution in [3.8, 4) is 0 Å². The molecule has 2 rings (SSSR count). The van der Waals surface area contributed by atoms with Crippen LogP contribution in [0, 0.1) is 7.43 Å². The van der Waals surface area contributed by atoms with Crippen molar-refractivity contribution in [2.45, 2.75) is 40.0 Å². The molecule has 0 aliphatic carbocycles. The number of fused-ring (bicyclic) bond motifs is 1. The van der Waals surface area contributed by atoms with Crippen LogP contribution in [0.4, 0.5) is 0 Å². The number of hydrogen-bond acceptors (Lipinski definition) is 6. The van der Waals surface area contributed by atoms with E-state index in [2.05, 4.69) is 42.5 Å². The van der Waals surface area contributed by atoms with Crippen molar-refractivity contribution in [1.82, 2.24) is 0 Å². The zero-order valence-corrected chi connectivity index (χ0v) is 17.2. The first-order valence-electron chi connectivity index (χ1n) is 7.48. The van der Waals surface area contributed by atoms with Gasteiger partial charge in [0.05, 0.1) is 0 Å². The predicted octanol–water partition coefficient (Wildman–Crippen LogP) is 0.445. The Balaban J connectivity index is -0.000000128. The second-order valence-corrected chi connectivity index (χ2v) is 4.33. The van der Waals surface area contributed by atoms with Gasteiger partial charge in [-0.2, -0.15) is 17.5 Å². The van der Waals surface area contributed by atoms with Crippen LogP contribution in [0.3, 0.4) is 0 Å². The molecule has 0 saturated heterocycles. The average Bonchev–Trinajstić information content (AvgIpc) is 3.05. The molecule has 0 unspecified atom stereocenters. The van der Waals surface area contributed by atoms with Crippen LogP contribution in [0.5, 0.6) is 0 Å². The van der Waals surface area contributed by atoms with Crippen LogP contribution in [0.1, 0.15) is 40.0 Å². The number of carboxylic acids is 3. The van der Waals surface area contributed by atoms with Crippen LogP contribution >= 0.6 is 0 Å². The van der Waals surface area contributed by atoms with Gasteiger partial charge < -0.3 is 37.1 Å². The monoisotopic (exact) mass is 397 g/mol. The van der Waals surface area contributed by atoms with Gasteiger partial charge in [-0.1, -0.05) is 26.8 Å². The smallest absolute Gasteiger partial charge is 0.550 e. The number of rotatable bonds is 3. The summed E-state index contributed by atoms with van der Waals surface area (Å²) in [5, 5.41) is 30.4. The predicted molar refractivity (Wildman–Crippen MR) is 91.8 cm³/mol. The van der Waals surface area contributed by atoms with E-state index in [-0.39, 0.29) is 48.4 Å². The maximum absolute atomic E-state index is 9.26. The second-order valence-electron chi connectivity index (χ2n) is 4.33. The molecule has 0 N–H and O–H groups in total. The summed E-state index contributed by atoms with van der Waals surface area (Å²) >= 11 is 0. The largest absolute Gasteiger partial charge is 3.00 e. The van der Waals surface area contributed by atoms with Crippen molar-refractivity contribution < 1.29 is 51.4 Å². The first-order chi connectivity index (χ1) is 11.3. The summed E-state index contributed by atoms with van der Waals surface area (Å²) in [6.07, 6.45) is 0.333. The fourth-order valence-electron chi connectivity index (χ4n) is 1.07. The van der Waals surface area contributed by atoms with Crippen LogP contribution in [0.25, 0.3) is 10.8 Å². The van der Waals surface area contributed by atoms with Crippen LogP contribution in [0.2, 0.25) is 0 Å². The first kappa shape index (κ1) is 31.7. The van der Waals surface area contributed by atoms with Gasteiger partial charge in [-0.25, -0.2) is 0 Å². The molecule has 0 spiro atoms. The van der Waals surface area contributed by atoms with Gasteiger partial charge in [-0.3, -0.25) is 0 Å². The third kappa shape index (κ3) is 22.0. The Kier molecular flexibility index (Phi) is 25.6. The summed E-state index contributed by atoms with van der Waals surface area (Å²) < 4.78 is 0. The van der Waals surface area contributed by atoms with Gasteiger partial charge in [0.15, 0.2) is 0 Å². The average molecular weight is 397 g/mol. The molecule has 0 heterocycles. The third-order valence-electron chi connectivity index (χ3n) is 2.41. The molecule has 0 aromatic heterocycles. The van der Waals surface area contributed by atoms with Gasteiger partial charge in [0, 0.05) is 17.9 Å². The van der Waals surface area contributed by atoms with Crippen LogP contribution in [0.15, 0.2) is 42.5 Å². The fourth-order valence-corrected chi connectivity index (χ4v) is 1.07. The minimum Gasteiger partial charge on any atom is -0.550 e. The van der Waals surface area contributed by atoms with Crippen molar-refractivity contribution in [3.05, 3.63) is 49.9 Å². The number of benzene rings is 1. The van der Waals surface area contributed by atoms with Crippen molar-refractivity contribution in [2.75, 3.05) is 0 Å². The summed E-state index contributed by atoms with van der Waals surface area (Å²) in [7, 11) is 0. The molecule has 143 valence electrons. The quantitative estimate of drug-likeness (QED) is 0.548. The van der Waals surface area contributed by atoms with Gasteiger partial charge in [0.25, 0.3) is 0 Å². The summed E-state index contributed by atoms with van der Waals surface area (Å²) in [5.74, 6) is -2.99. The number of carbonyl (C=O) groups is 3. The van der Waals surface area contributed by atoms with Gasteiger partial charge >= 0.3 is 21.7 Å². The van der Waals surface area contributed by atoms with Crippen LogP contribution in [-0.4, -0.2) is 17.9 Å². The zero-order valence-electron chi connectivity index (χ0n) is 15.6. The molecule has 0 aliphatic heterocycles. The van der Waals surface area contributed by atoms with E-state index in [1.807, 2.05) is 0 Å². The third-order valence-corrected chi connectivity index (χ3v) is 2.41. The summed E-state index contributed by atoms with van der Waals surface area (Å²) in [5.41, 5.74) is 0.